The number of nitriles is 1. The van der Waals surface area contributed by atoms with Crippen LogP contribution in [0.25, 0.3) is 0 Å². The molecule has 0 aromatic heterocycles. The number of methoxy groups -OCH3 is 2. The van der Waals surface area contributed by atoms with E-state index in [1.165, 1.54) is 0 Å². The molecule has 1 aromatic carbocycles. The minimum atomic E-state index is -0.367. The second-order valence-electron chi connectivity index (χ2n) is 5.22. The Bertz CT molecular complexity index is 476. The normalized spacial score (nSPS) is 10.9. The molecule has 0 heterocycles. The summed E-state index contributed by atoms with van der Waals surface area (Å²) in [6, 6.07) is 6.13. The molecule has 1 aromatic rings. The molecule has 0 unspecified atom stereocenters. The van der Waals surface area contributed by atoms with Gasteiger partial charge in [-0.2, -0.15) is 5.26 Å². The van der Waals surface area contributed by atoms with E-state index in [2.05, 4.69) is 11.4 Å². The van der Waals surface area contributed by atoms with Gasteiger partial charge >= 0.3 is 0 Å². The van der Waals surface area contributed by atoms with Gasteiger partial charge in [-0.3, -0.25) is 0 Å². The van der Waals surface area contributed by atoms with E-state index in [-0.39, 0.29) is 5.41 Å². The fourth-order valence-electron chi connectivity index (χ4n) is 1.82. The van der Waals surface area contributed by atoms with E-state index in [0.717, 1.165) is 22.6 Å². The molecule has 4 heteroatoms. The van der Waals surface area contributed by atoms with E-state index < -0.39 is 0 Å². The molecule has 0 spiro atoms. The summed E-state index contributed by atoms with van der Waals surface area (Å²) in [6.45, 7) is 7.16. The van der Waals surface area contributed by atoms with Gasteiger partial charge in [-0.1, -0.05) is 0 Å². The maximum atomic E-state index is 8.98. The molecule has 1 N–H and O–H groups in total. The molecular formula is C15H22N2O2. The standard InChI is InChI=1S/C15H22N2O2/c1-11-6-12(18-4)7-14(19-5)13(11)8-17-10-15(2,3)9-16/h6-7,17H,8,10H2,1-5H3. The Morgan fingerprint density at radius 2 is 1.95 bits per heavy atom. The molecule has 0 saturated carbocycles. The largest absolute Gasteiger partial charge is 0.497 e. The molecule has 0 aliphatic carbocycles. The van der Waals surface area contributed by atoms with E-state index in [9.17, 15) is 0 Å². The molecule has 0 fully saturated rings. The van der Waals surface area contributed by atoms with Crippen molar-refractivity contribution in [1.82, 2.24) is 5.32 Å². The van der Waals surface area contributed by atoms with Crippen molar-refractivity contribution in [3.05, 3.63) is 23.3 Å². The molecule has 0 saturated heterocycles. The Balaban J connectivity index is 2.81. The number of benzene rings is 1. The minimum absolute atomic E-state index is 0.367. The number of nitrogens with zero attached hydrogens (tertiary/aromatic N) is 1. The van der Waals surface area contributed by atoms with Crippen molar-refractivity contribution >= 4 is 0 Å². The topological polar surface area (TPSA) is 54.3 Å². The van der Waals surface area contributed by atoms with Crippen LogP contribution in [0.1, 0.15) is 25.0 Å². The summed E-state index contributed by atoms with van der Waals surface area (Å²) >= 11 is 0. The van der Waals surface area contributed by atoms with Crippen molar-refractivity contribution in [3.8, 4) is 17.6 Å². The minimum Gasteiger partial charge on any atom is -0.497 e. The summed E-state index contributed by atoms with van der Waals surface area (Å²) in [4.78, 5) is 0. The molecule has 0 amide bonds. The molecule has 0 bridgehead atoms. The smallest absolute Gasteiger partial charge is 0.127 e. The monoisotopic (exact) mass is 262 g/mol. The van der Waals surface area contributed by atoms with Crippen LogP contribution in [0.4, 0.5) is 0 Å². The van der Waals surface area contributed by atoms with Crippen molar-refractivity contribution in [2.45, 2.75) is 27.3 Å². The maximum absolute atomic E-state index is 8.98. The summed E-state index contributed by atoms with van der Waals surface area (Å²) in [5.41, 5.74) is 1.84. The fraction of sp³-hybridized carbons (Fsp3) is 0.533. The average molecular weight is 262 g/mol. The number of rotatable bonds is 6. The van der Waals surface area contributed by atoms with Crippen LogP contribution >= 0.6 is 0 Å². The lowest BCUT2D eigenvalue weighted by molar-refractivity contribution is 0.386. The maximum Gasteiger partial charge on any atom is 0.127 e. The van der Waals surface area contributed by atoms with Gasteiger partial charge in [0.15, 0.2) is 0 Å². The number of nitrogens with one attached hydrogen (secondary N) is 1. The number of hydrogen-bond acceptors (Lipinski definition) is 4. The molecule has 0 atom stereocenters. The Hall–Kier alpha value is -1.73. The second-order valence-corrected chi connectivity index (χ2v) is 5.22. The van der Waals surface area contributed by atoms with Crippen LogP contribution in [0.2, 0.25) is 0 Å². The number of ether oxygens (including phenoxy) is 2. The SMILES string of the molecule is COc1cc(C)c(CNCC(C)(C)C#N)c(OC)c1. The third-order valence-electron chi connectivity index (χ3n) is 3.03. The lowest BCUT2D eigenvalue weighted by Gasteiger charge is -2.18. The van der Waals surface area contributed by atoms with E-state index >= 15 is 0 Å². The van der Waals surface area contributed by atoms with Gasteiger partial charge in [0.25, 0.3) is 0 Å². The number of hydrogen-bond donors (Lipinski definition) is 1. The summed E-state index contributed by atoms with van der Waals surface area (Å²) in [6.07, 6.45) is 0. The van der Waals surface area contributed by atoms with E-state index in [1.807, 2.05) is 32.9 Å². The molecule has 19 heavy (non-hydrogen) atoms. The van der Waals surface area contributed by atoms with Crippen LogP contribution in [0.3, 0.4) is 0 Å². The van der Waals surface area contributed by atoms with E-state index in [4.69, 9.17) is 14.7 Å². The molecular weight excluding hydrogens is 240 g/mol. The zero-order valence-electron chi connectivity index (χ0n) is 12.3. The van der Waals surface area contributed by atoms with Crippen molar-refractivity contribution in [3.63, 3.8) is 0 Å². The van der Waals surface area contributed by atoms with Crippen LogP contribution in [-0.4, -0.2) is 20.8 Å². The van der Waals surface area contributed by atoms with Gasteiger partial charge in [0, 0.05) is 24.7 Å². The van der Waals surface area contributed by atoms with Gasteiger partial charge in [0.1, 0.15) is 11.5 Å². The molecule has 104 valence electrons. The van der Waals surface area contributed by atoms with Crippen molar-refractivity contribution in [2.75, 3.05) is 20.8 Å². The summed E-state index contributed by atoms with van der Waals surface area (Å²) in [5, 5.41) is 12.3. The van der Waals surface area contributed by atoms with Gasteiger partial charge < -0.3 is 14.8 Å². The lowest BCUT2D eigenvalue weighted by Crippen LogP contribution is -2.28. The Labute approximate surface area is 115 Å². The quantitative estimate of drug-likeness (QED) is 0.856. The van der Waals surface area contributed by atoms with Crippen LogP contribution in [-0.2, 0) is 6.54 Å². The molecule has 0 aliphatic heterocycles. The predicted molar refractivity (Wildman–Crippen MR) is 75.4 cm³/mol. The van der Waals surface area contributed by atoms with Gasteiger partial charge in [-0.05, 0) is 32.4 Å². The van der Waals surface area contributed by atoms with Crippen LogP contribution in [0.15, 0.2) is 12.1 Å². The highest BCUT2D eigenvalue weighted by Crippen LogP contribution is 2.28. The molecule has 1 rings (SSSR count). The lowest BCUT2D eigenvalue weighted by atomic mass is 9.96. The van der Waals surface area contributed by atoms with Gasteiger partial charge in [0.2, 0.25) is 0 Å². The third kappa shape index (κ3) is 4.15. The first-order valence-corrected chi connectivity index (χ1v) is 6.27. The Kier molecular flexibility index (Phi) is 5.20. The third-order valence-corrected chi connectivity index (χ3v) is 3.03. The Morgan fingerprint density at radius 3 is 2.47 bits per heavy atom. The van der Waals surface area contributed by atoms with Crippen LogP contribution in [0, 0.1) is 23.7 Å². The van der Waals surface area contributed by atoms with Gasteiger partial charge in [-0.25, -0.2) is 0 Å². The second kappa shape index (κ2) is 6.44. The summed E-state index contributed by atoms with van der Waals surface area (Å²) in [5.74, 6) is 1.59. The van der Waals surface area contributed by atoms with Crippen LogP contribution in [0.5, 0.6) is 11.5 Å². The van der Waals surface area contributed by atoms with Crippen LogP contribution < -0.4 is 14.8 Å². The molecule has 0 aliphatic rings. The molecule has 4 nitrogen and oxygen atoms in total. The van der Waals surface area contributed by atoms with Crippen molar-refractivity contribution in [2.24, 2.45) is 5.41 Å². The van der Waals surface area contributed by atoms with Crippen molar-refractivity contribution < 1.29 is 9.47 Å². The summed E-state index contributed by atoms with van der Waals surface area (Å²) in [7, 11) is 3.29. The fourth-order valence-corrected chi connectivity index (χ4v) is 1.82. The summed E-state index contributed by atoms with van der Waals surface area (Å²) < 4.78 is 10.6. The van der Waals surface area contributed by atoms with E-state index in [1.54, 1.807) is 14.2 Å². The number of aryl methyl sites for hydroxylation is 1. The predicted octanol–water partition coefficient (Wildman–Crippen LogP) is 2.65. The highest BCUT2D eigenvalue weighted by Gasteiger charge is 2.16. The first kappa shape index (κ1) is 15.3. The highest BCUT2D eigenvalue weighted by atomic mass is 16.5. The van der Waals surface area contributed by atoms with Gasteiger partial charge in [-0.15, -0.1) is 0 Å². The van der Waals surface area contributed by atoms with Gasteiger partial charge in [0.05, 0.1) is 25.7 Å². The Morgan fingerprint density at radius 1 is 1.26 bits per heavy atom. The zero-order valence-corrected chi connectivity index (χ0v) is 12.3. The first-order valence-electron chi connectivity index (χ1n) is 6.27. The van der Waals surface area contributed by atoms with E-state index in [0.29, 0.717) is 13.1 Å². The van der Waals surface area contributed by atoms with Crippen molar-refractivity contribution in [1.29, 1.82) is 5.26 Å². The first-order chi connectivity index (χ1) is 8.93. The zero-order chi connectivity index (χ0) is 14.5. The highest BCUT2D eigenvalue weighted by molar-refractivity contribution is 5.46. The average Bonchev–Trinajstić information content (AvgIpc) is 2.39. The molecule has 0 radical (unpaired) electrons.